The first-order valence-corrected chi connectivity index (χ1v) is 6.47. The van der Waals surface area contributed by atoms with Gasteiger partial charge in [0.15, 0.2) is 0 Å². The van der Waals surface area contributed by atoms with Gasteiger partial charge in [-0.25, -0.2) is 0 Å². The summed E-state index contributed by atoms with van der Waals surface area (Å²) in [6.07, 6.45) is 2.03. The molecule has 1 heterocycles. The Kier molecular flexibility index (Phi) is 3.13. The van der Waals surface area contributed by atoms with Crippen molar-refractivity contribution in [1.29, 1.82) is 0 Å². The van der Waals surface area contributed by atoms with E-state index in [-0.39, 0.29) is 17.7 Å². The fourth-order valence-corrected chi connectivity index (χ4v) is 2.60. The molecule has 0 radical (unpaired) electrons. The molecule has 5 heteroatoms. The van der Waals surface area contributed by atoms with E-state index in [0.717, 1.165) is 12.8 Å². The maximum atomic E-state index is 12.7. The van der Waals surface area contributed by atoms with Gasteiger partial charge in [0.25, 0.3) is 0 Å². The highest BCUT2D eigenvalue weighted by Crippen LogP contribution is 2.43. The molecule has 0 aromatic carbocycles. The fraction of sp³-hybridized carbons (Fsp3) is 0.846. The summed E-state index contributed by atoms with van der Waals surface area (Å²) >= 11 is 0. The number of ether oxygens (including phenoxy) is 1. The highest BCUT2D eigenvalue weighted by molar-refractivity contribution is 6.02. The van der Waals surface area contributed by atoms with Gasteiger partial charge in [-0.2, -0.15) is 0 Å². The Bertz CT molecular complexity index is 376. The van der Waals surface area contributed by atoms with E-state index in [2.05, 4.69) is 5.32 Å². The minimum absolute atomic E-state index is 0.0200. The lowest BCUT2D eigenvalue weighted by molar-refractivity contribution is -0.162. The Hall–Kier alpha value is -1.10. The number of hydrogen-bond donors (Lipinski definition) is 1. The standard InChI is InChI=1S/C13H22N2O3/c1-12(2)10(16)14-13(3,9-5-6-9)11(17)15(12)7-8-18-4/h9H,5-8H2,1-4H3,(H,14,16). The molecule has 1 aliphatic heterocycles. The normalized spacial score (nSPS) is 31.4. The van der Waals surface area contributed by atoms with Crippen LogP contribution in [-0.4, -0.2) is 48.1 Å². The van der Waals surface area contributed by atoms with Crippen LogP contribution >= 0.6 is 0 Å². The molecule has 2 rings (SSSR count). The van der Waals surface area contributed by atoms with Crippen molar-refractivity contribution >= 4 is 11.8 Å². The topological polar surface area (TPSA) is 58.6 Å². The number of carbonyl (C=O) groups excluding carboxylic acids is 2. The first kappa shape index (κ1) is 13.3. The fourth-order valence-electron chi connectivity index (χ4n) is 2.60. The van der Waals surface area contributed by atoms with Crippen molar-refractivity contribution in [2.24, 2.45) is 5.92 Å². The van der Waals surface area contributed by atoms with E-state index < -0.39 is 11.1 Å². The van der Waals surface area contributed by atoms with Gasteiger partial charge in [0.05, 0.1) is 6.61 Å². The molecule has 1 atom stereocenters. The Morgan fingerprint density at radius 1 is 1.33 bits per heavy atom. The zero-order valence-electron chi connectivity index (χ0n) is 11.6. The number of amides is 2. The summed E-state index contributed by atoms with van der Waals surface area (Å²) in [5.74, 6) is 0.231. The molecule has 0 spiro atoms. The molecule has 102 valence electrons. The molecule has 0 bridgehead atoms. The highest BCUT2D eigenvalue weighted by atomic mass is 16.5. The van der Waals surface area contributed by atoms with Gasteiger partial charge in [0.2, 0.25) is 11.8 Å². The Morgan fingerprint density at radius 3 is 2.44 bits per heavy atom. The van der Waals surface area contributed by atoms with Crippen molar-refractivity contribution in [2.75, 3.05) is 20.3 Å². The number of piperazine rings is 1. The first-order valence-electron chi connectivity index (χ1n) is 6.47. The van der Waals surface area contributed by atoms with Crippen molar-refractivity contribution in [1.82, 2.24) is 10.2 Å². The number of methoxy groups -OCH3 is 1. The van der Waals surface area contributed by atoms with Crippen LogP contribution in [0.3, 0.4) is 0 Å². The van der Waals surface area contributed by atoms with Gasteiger partial charge < -0.3 is 15.0 Å². The van der Waals surface area contributed by atoms with E-state index >= 15 is 0 Å². The summed E-state index contributed by atoms with van der Waals surface area (Å²) in [6.45, 7) is 6.31. The molecule has 5 nitrogen and oxygen atoms in total. The zero-order valence-corrected chi connectivity index (χ0v) is 11.6. The number of nitrogens with zero attached hydrogens (tertiary/aromatic N) is 1. The third-order valence-electron chi connectivity index (χ3n) is 4.21. The van der Waals surface area contributed by atoms with Gasteiger partial charge in [-0.1, -0.05) is 0 Å². The monoisotopic (exact) mass is 254 g/mol. The number of carbonyl (C=O) groups is 2. The van der Waals surface area contributed by atoms with Crippen LogP contribution in [0.4, 0.5) is 0 Å². The molecule has 1 saturated heterocycles. The Balaban J connectivity index is 2.27. The highest BCUT2D eigenvalue weighted by Gasteiger charge is 2.57. The summed E-state index contributed by atoms with van der Waals surface area (Å²) < 4.78 is 5.04. The van der Waals surface area contributed by atoms with E-state index in [9.17, 15) is 9.59 Å². The SMILES string of the molecule is COCCN1C(=O)C(C)(C2CC2)NC(=O)C1(C)C. The van der Waals surface area contributed by atoms with Crippen molar-refractivity contribution in [2.45, 2.75) is 44.7 Å². The van der Waals surface area contributed by atoms with Gasteiger partial charge in [-0.05, 0) is 39.5 Å². The van der Waals surface area contributed by atoms with Crippen LogP contribution in [0.15, 0.2) is 0 Å². The smallest absolute Gasteiger partial charge is 0.249 e. The molecule has 1 aliphatic carbocycles. The van der Waals surface area contributed by atoms with Crippen LogP contribution < -0.4 is 5.32 Å². The van der Waals surface area contributed by atoms with Crippen LogP contribution in [-0.2, 0) is 14.3 Å². The van der Waals surface area contributed by atoms with Crippen LogP contribution in [0.2, 0.25) is 0 Å². The molecule has 2 amide bonds. The van der Waals surface area contributed by atoms with E-state index in [4.69, 9.17) is 4.74 Å². The van der Waals surface area contributed by atoms with Crippen molar-refractivity contribution < 1.29 is 14.3 Å². The molecule has 1 N–H and O–H groups in total. The van der Waals surface area contributed by atoms with Gasteiger partial charge in [0, 0.05) is 13.7 Å². The minimum Gasteiger partial charge on any atom is -0.383 e. The lowest BCUT2D eigenvalue weighted by atomic mass is 9.85. The minimum atomic E-state index is -0.802. The summed E-state index contributed by atoms with van der Waals surface area (Å²) in [7, 11) is 1.60. The largest absolute Gasteiger partial charge is 0.383 e. The summed E-state index contributed by atoms with van der Waals surface area (Å²) in [5, 5.41) is 2.93. The second kappa shape index (κ2) is 4.23. The molecule has 0 aromatic rings. The van der Waals surface area contributed by atoms with Crippen molar-refractivity contribution in [3.63, 3.8) is 0 Å². The van der Waals surface area contributed by atoms with Crippen molar-refractivity contribution in [3.8, 4) is 0 Å². The number of hydrogen-bond acceptors (Lipinski definition) is 3. The molecule has 2 fully saturated rings. The second-order valence-electron chi connectivity index (χ2n) is 5.94. The van der Waals surface area contributed by atoms with Crippen LogP contribution in [0.5, 0.6) is 0 Å². The van der Waals surface area contributed by atoms with Gasteiger partial charge in [0.1, 0.15) is 11.1 Å². The summed E-state index contributed by atoms with van der Waals surface area (Å²) in [6, 6.07) is 0. The zero-order chi connectivity index (χ0) is 13.6. The summed E-state index contributed by atoms with van der Waals surface area (Å²) in [4.78, 5) is 26.5. The molecule has 18 heavy (non-hydrogen) atoms. The lowest BCUT2D eigenvalue weighted by Gasteiger charge is -2.49. The third-order valence-corrected chi connectivity index (χ3v) is 4.21. The van der Waals surface area contributed by atoms with Gasteiger partial charge >= 0.3 is 0 Å². The second-order valence-corrected chi connectivity index (χ2v) is 5.94. The van der Waals surface area contributed by atoms with Crippen LogP contribution in [0.25, 0.3) is 0 Å². The Labute approximate surface area is 108 Å². The average molecular weight is 254 g/mol. The molecular formula is C13H22N2O3. The average Bonchev–Trinajstić information content (AvgIpc) is 3.11. The lowest BCUT2D eigenvalue weighted by Crippen LogP contribution is -2.74. The number of nitrogens with one attached hydrogen (secondary N) is 1. The van der Waals surface area contributed by atoms with E-state index in [1.165, 1.54) is 0 Å². The van der Waals surface area contributed by atoms with Crippen LogP contribution in [0, 0.1) is 5.92 Å². The molecule has 0 aromatic heterocycles. The van der Waals surface area contributed by atoms with Gasteiger partial charge in [-0.15, -0.1) is 0 Å². The molecule has 2 aliphatic rings. The number of rotatable bonds is 4. The molecule has 1 unspecified atom stereocenters. The Morgan fingerprint density at radius 2 is 1.94 bits per heavy atom. The van der Waals surface area contributed by atoms with E-state index in [1.54, 1.807) is 25.9 Å². The van der Waals surface area contributed by atoms with Crippen molar-refractivity contribution in [3.05, 3.63) is 0 Å². The first-order chi connectivity index (χ1) is 8.34. The maximum absolute atomic E-state index is 12.7. The third kappa shape index (κ3) is 1.90. The quantitative estimate of drug-likeness (QED) is 0.796. The predicted molar refractivity (Wildman–Crippen MR) is 66.9 cm³/mol. The summed E-state index contributed by atoms with van der Waals surface area (Å²) in [5.41, 5.74) is -1.52. The van der Waals surface area contributed by atoms with Crippen LogP contribution in [0.1, 0.15) is 33.6 Å². The molecular weight excluding hydrogens is 232 g/mol. The molecule has 1 saturated carbocycles. The predicted octanol–water partition coefficient (Wildman–Crippen LogP) is 0.538. The van der Waals surface area contributed by atoms with Gasteiger partial charge in [-0.3, -0.25) is 9.59 Å². The van der Waals surface area contributed by atoms with E-state index in [0.29, 0.717) is 13.2 Å². The van der Waals surface area contributed by atoms with E-state index in [1.807, 2.05) is 6.92 Å². The maximum Gasteiger partial charge on any atom is 0.249 e.